The molecule has 0 unspecified atom stereocenters. The van der Waals surface area contributed by atoms with Gasteiger partial charge in [0.05, 0.1) is 12.8 Å². The molecule has 1 heterocycles. The summed E-state index contributed by atoms with van der Waals surface area (Å²) in [6.07, 6.45) is 13.1. The predicted octanol–water partition coefficient (Wildman–Crippen LogP) is 2.62. The normalized spacial score (nSPS) is 17.6. The summed E-state index contributed by atoms with van der Waals surface area (Å²) in [4.78, 5) is 0. The number of aryl methyl sites for hydroxylation is 1. The average Bonchev–Trinajstić information content (AvgIpc) is 2.88. The Bertz CT molecular complexity index is 419. The second-order valence-corrected chi connectivity index (χ2v) is 5.67. The van der Waals surface area contributed by atoms with Crippen molar-refractivity contribution >= 4 is 6.08 Å². The molecule has 0 aromatic carbocycles. The van der Waals surface area contributed by atoms with Crippen molar-refractivity contribution in [1.29, 1.82) is 0 Å². The summed E-state index contributed by atoms with van der Waals surface area (Å²) >= 11 is 0. The Kier molecular flexibility index (Phi) is 6.27. The molecule has 2 rings (SSSR count). The Hall–Kier alpha value is -1.13. The van der Waals surface area contributed by atoms with Crippen LogP contribution < -0.4 is 5.32 Å². The maximum absolute atomic E-state index is 5.10. The average molecular weight is 277 g/mol. The van der Waals surface area contributed by atoms with Crippen molar-refractivity contribution in [3.05, 3.63) is 23.5 Å². The highest BCUT2D eigenvalue weighted by atomic mass is 16.5. The van der Waals surface area contributed by atoms with Crippen LogP contribution in [0.4, 0.5) is 0 Å². The summed E-state index contributed by atoms with van der Waals surface area (Å²) in [5.74, 6) is 0.735. The molecule has 112 valence electrons. The first kappa shape index (κ1) is 15.3. The van der Waals surface area contributed by atoms with Crippen LogP contribution in [0.1, 0.15) is 37.7 Å². The fraction of sp³-hybridized carbons (Fsp3) is 0.688. The number of methoxy groups -OCH3 is 1. The molecule has 1 aromatic heterocycles. The molecule has 1 fully saturated rings. The first-order chi connectivity index (χ1) is 9.79. The van der Waals surface area contributed by atoms with Gasteiger partial charge in [-0.05, 0) is 18.8 Å². The molecule has 1 aliphatic carbocycles. The summed E-state index contributed by atoms with van der Waals surface area (Å²) in [6.45, 7) is 2.64. The fourth-order valence-electron chi connectivity index (χ4n) is 2.92. The zero-order valence-electron chi connectivity index (χ0n) is 12.8. The van der Waals surface area contributed by atoms with Crippen LogP contribution in [-0.4, -0.2) is 36.6 Å². The van der Waals surface area contributed by atoms with Gasteiger partial charge in [0.1, 0.15) is 0 Å². The van der Waals surface area contributed by atoms with Gasteiger partial charge in [-0.2, -0.15) is 5.10 Å². The predicted molar refractivity (Wildman–Crippen MR) is 82.5 cm³/mol. The number of hydrogen-bond donors (Lipinski definition) is 1. The van der Waals surface area contributed by atoms with E-state index in [1.807, 2.05) is 17.9 Å². The van der Waals surface area contributed by atoms with Gasteiger partial charge in [0, 0.05) is 39.0 Å². The molecule has 0 radical (unpaired) electrons. The lowest BCUT2D eigenvalue weighted by Crippen LogP contribution is -2.25. The summed E-state index contributed by atoms with van der Waals surface area (Å²) in [5.41, 5.74) is 2.73. The molecule has 1 aliphatic rings. The second-order valence-electron chi connectivity index (χ2n) is 5.67. The Morgan fingerprint density at radius 1 is 1.45 bits per heavy atom. The van der Waals surface area contributed by atoms with Gasteiger partial charge in [0.2, 0.25) is 0 Å². The van der Waals surface area contributed by atoms with Crippen molar-refractivity contribution in [3.8, 4) is 0 Å². The lowest BCUT2D eigenvalue weighted by Gasteiger charge is -2.25. The Balaban J connectivity index is 2.00. The molecule has 0 atom stereocenters. The molecule has 1 N–H and O–H groups in total. The maximum Gasteiger partial charge on any atom is 0.0587 e. The van der Waals surface area contributed by atoms with Gasteiger partial charge in [-0.1, -0.05) is 30.9 Å². The van der Waals surface area contributed by atoms with Gasteiger partial charge in [-0.15, -0.1) is 0 Å². The van der Waals surface area contributed by atoms with Crippen LogP contribution in [0.2, 0.25) is 0 Å². The van der Waals surface area contributed by atoms with Crippen LogP contribution in [0, 0.1) is 5.92 Å². The first-order valence-electron chi connectivity index (χ1n) is 7.68. The van der Waals surface area contributed by atoms with E-state index in [1.54, 1.807) is 7.11 Å². The van der Waals surface area contributed by atoms with Crippen molar-refractivity contribution in [3.63, 3.8) is 0 Å². The minimum Gasteiger partial charge on any atom is -0.383 e. The molecule has 0 amide bonds. The third kappa shape index (κ3) is 4.76. The van der Waals surface area contributed by atoms with Crippen LogP contribution in [0.3, 0.4) is 0 Å². The quantitative estimate of drug-likeness (QED) is 0.779. The lowest BCUT2D eigenvalue weighted by atomic mass is 9.83. The summed E-state index contributed by atoms with van der Waals surface area (Å²) in [5, 5.41) is 7.75. The van der Waals surface area contributed by atoms with Gasteiger partial charge < -0.3 is 10.1 Å². The van der Waals surface area contributed by atoms with E-state index in [0.717, 1.165) is 25.6 Å². The number of aromatic nitrogens is 2. The number of ether oxygens (including phenoxy) is 1. The van der Waals surface area contributed by atoms with E-state index in [1.165, 1.54) is 43.2 Å². The van der Waals surface area contributed by atoms with Crippen LogP contribution in [-0.2, 0) is 11.8 Å². The molecule has 4 heteroatoms. The van der Waals surface area contributed by atoms with Crippen molar-refractivity contribution < 1.29 is 4.74 Å². The van der Waals surface area contributed by atoms with Gasteiger partial charge in [-0.3, -0.25) is 4.68 Å². The molecule has 20 heavy (non-hydrogen) atoms. The summed E-state index contributed by atoms with van der Waals surface area (Å²) in [7, 11) is 3.71. The van der Waals surface area contributed by atoms with E-state index >= 15 is 0 Å². The molecule has 1 aromatic rings. The third-order valence-corrected chi connectivity index (χ3v) is 4.02. The highest BCUT2D eigenvalue weighted by molar-refractivity contribution is 5.52. The molecule has 0 saturated heterocycles. The standard InChI is InChI=1S/C16H27N3O/c1-19-13-14(11-18-19)10-16(12-17-8-9-20-2)15-6-4-3-5-7-15/h10-11,13,15,17H,3-9,12H2,1-2H3. The van der Waals surface area contributed by atoms with Gasteiger partial charge >= 0.3 is 0 Å². The van der Waals surface area contributed by atoms with Gasteiger partial charge in [-0.25, -0.2) is 0 Å². The number of rotatable bonds is 7. The minimum absolute atomic E-state index is 0.735. The van der Waals surface area contributed by atoms with E-state index < -0.39 is 0 Å². The molecule has 0 spiro atoms. The zero-order chi connectivity index (χ0) is 14.2. The Labute approximate surface area is 122 Å². The Morgan fingerprint density at radius 2 is 2.25 bits per heavy atom. The summed E-state index contributed by atoms with van der Waals surface area (Å²) < 4.78 is 6.96. The molecular formula is C16H27N3O. The van der Waals surface area contributed by atoms with E-state index in [0.29, 0.717) is 0 Å². The monoisotopic (exact) mass is 277 g/mol. The van der Waals surface area contributed by atoms with Crippen molar-refractivity contribution in [2.45, 2.75) is 32.1 Å². The fourth-order valence-corrected chi connectivity index (χ4v) is 2.92. The number of hydrogen-bond acceptors (Lipinski definition) is 3. The van der Waals surface area contributed by atoms with Crippen LogP contribution in [0.5, 0.6) is 0 Å². The van der Waals surface area contributed by atoms with E-state index in [2.05, 4.69) is 22.7 Å². The third-order valence-electron chi connectivity index (χ3n) is 4.02. The molecule has 0 bridgehead atoms. The first-order valence-corrected chi connectivity index (χ1v) is 7.68. The largest absolute Gasteiger partial charge is 0.383 e. The second kappa shape index (κ2) is 8.22. The van der Waals surface area contributed by atoms with E-state index in [4.69, 9.17) is 4.74 Å². The van der Waals surface area contributed by atoms with Crippen molar-refractivity contribution in [1.82, 2.24) is 15.1 Å². The molecule has 1 saturated carbocycles. The molecule has 0 aliphatic heterocycles. The lowest BCUT2D eigenvalue weighted by molar-refractivity contribution is 0.200. The van der Waals surface area contributed by atoms with Crippen LogP contribution in [0.25, 0.3) is 6.08 Å². The number of nitrogens with zero attached hydrogens (tertiary/aromatic N) is 2. The number of nitrogens with one attached hydrogen (secondary N) is 1. The van der Waals surface area contributed by atoms with Crippen LogP contribution in [0.15, 0.2) is 18.0 Å². The van der Waals surface area contributed by atoms with Crippen molar-refractivity contribution in [2.75, 3.05) is 26.8 Å². The Morgan fingerprint density at radius 3 is 2.90 bits per heavy atom. The van der Waals surface area contributed by atoms with Gasteiger partial charge in [0.15, 0.2) is 0 Å². The topological polar surface area (TPSA) is 39.1 Å². The highest BCUT2D eigenvalue weighted by Crippen LogP contribution is 2.30. The van der Waals surface area contributed by atoms with Crippen molar-refractivity contribution in [2.24, 2.45) is 13.0 Å². The van der Waals surface area contributed by atoms with E-state index in [9.17, 15) is 0 Å². The minimum atomic E-state index is 0.735. The molecular weight excluding hydrogens is 250 g/mol. The zero-order valence-corrected chi connectivity index (χ0v) is 12.8. The van der Waals surface area contributed by atoms with E-state index in [-0.39, 0.29) is 0 Å². The SMILES string of the molecule is COCCNCC(=Cc1cnn(C)c1)C1CCCCC1. The maximum atomic E-state index is 5.10. The smallest absolute Gasteiger partial charge is 0.0587 e. The summed E-state index contributed by atoms with van der Waals surface area (Å²) in [6, 6.07) is 0. The highest BCUT2D eigenvalue weighted by Gasteiger charge is 2.17. The van der Waals surface area contributed by atoms with Gasteiger partial charge in [0.25, 0.3) is 0 Å². The molecule has 4 nitrogen and oxygen atoms in total. The van der Waals surface area contributed by atoms with Crippen LogP contribution >= 0.6 is 0 Å².